The van der Waals surface area contributed by atoms with Crippen molar-refractivity contribution in [1.82, 2.24) is 0 Å². The number of anilines is 1. The second-order valence-corrected chi connectivity index (χ2v) is 4.34. The Hall–Kier alpha value is -2.36. The van der Waals surface area contributed by atoms with Gasteiger partial charge < -0.3 is 10.4 Å². The van der Waals surface area contributed by atoms with Gasteiger partial charge in [0.1, 0.15) is 5.82 Å². The van der Waals surface area contributed by atoms with Gasteiger partial charge in [-0.05, 0) is 30.7 Å². The Labute approximate surface area is 110 Å². The van der Waals surface area contributed by atoms with Gasteiger partial charge in [0.15, 0.2) is 0 Å². The Bertz CT molecular complexity index is 611. The lowest BCUT2D eigenvalue weighted by molar-refractivity contribution is 0.0697. The summed E-state index contributed by atoms with van der Waals surface area (Å²) in [5.74, 6) is -1.53. The molecule has 2 aromatic rings. The fourth-order valence-electron chi connectivity index (χ4n) is 1.81. The van der Waals surface area contributed by atoms with Crippen LogP contribution in [0.15, 0.2) is 42.5 Å². The first kappa shape index (κ1) is 13.1. The number of nitrogens with one attached hydrogen (secondary N) is 1. The third-order valence-corrected chi connectivity index (χ3v) is 2.78. The van der Waals surface area contributed by atoms with Gasteiger partial charge in [-0.2, -0.15) is 0 Å². The number of hydrogen-bond donors (Lipinski definition) is 2. The lowest BCUT2D eigenvalue weighted by Crippen LogP contribution is -2.04. The molecule has 0 aliphatic heterocycles. The summed E-state index contributed by atoms with van der Waals surface area (Å²) in [6.07, 6.45) is 0. The summed E-state index contributed by atoms with van der Waals surface area (Å²) in [5.41, 5.74) is 2.40. The van der Waals surface area contributed by atoms with E-state index in [-0.39, 0.29) is 11.3 Å². The lowest BCUT2D eigenvalue weighted by atomic mass is 10.1. The largest absolute Gasteiger partial charge is 0.478 e. The number of aryl methyl sites for hydroxylation is 1. The first-order chi connectivity index (χ1) is 9.06. The van der Waals surface area contributed by atoms with Gasteiger partial charge in [-0.25, -0.2) is 9.18 Å². The van der Waals surface area contributed by atoms with Gasteiger partial charge in [0.25, 0.3) is 0 Å². The maximum absolute atomic E-state index is 13.6. The van der Waals surface area contributed by atoms with Crippen LogP contribution in [0.4, 0.5) is 10.1 Å². The number of benzene rings is 2. The van der Waals surface area contributed by atoms with E-state index in [1.165, 1.54) is 12.1 Å². The molecule has 0 aliphatic rings. The van der Waals surface area contributed by atoms with E-state index in [0.717, 1.165) is 17.2 Å². The molecule has 19 heavy (non-hydrogen) atoms. The molecule has 0 saturated carbocycles. The molecule has 0 radical (unpaired) electrons. The van der Waals surface area contributed by atoms with E-state index < -0.39 is 11.8 Å². The monoisotopic (exact) mass is 259 g/mol. The molecule has 0 atom stereocenters. The smallest absolute Gasteiger partial charge is 0.335 e. The molecule has 98 valence electrons. The van der Waals surface area contributed by atoms with Crippen molar-refractivity contribution in [3.8, 4) is 0 Å². The van der Waals surface area contributed by atoms with Crippen molar-refractivity contribution < 1.29 is 14.3 Å². The third-order valence-electron chi connectivity index (χ3n) is 2.78. The van der Waals surface area contributed by atoms with Crippen LogP contribution in [-0.4, -0.2) is 11.1 Å². The molecule has 0 spiro atoms. The lowest BCUT2D eigenvalue weighted by Gasteiger charge is -2.09. The van der Waals surface area contributed by atoms with Crippen LogP contribution >= 0.6 is 0 Å². The summed E-state index contributed by atoms with van der Waals surface area (Å²) in [6, 6.07) is 11.5. The zero-order valence-electron chi connectivity index (χ0n) is 10.5. The average molecular weight is 259 g/mol. The van der Waals surface area contributed by atoms with E-state index >= 15 is 0 Å². The van der Waals surface area contributed by atoms with Crippen molar-refractivity contribution in [2.75, 3.05) is 5.32 Å². The van der Waals surface area contributed by atoms with E-state index in [1.807, 2.05) is 31.2 Å². The van der Waals surface area contributed by atoms with Gasteiger partial charge in [0.2, 0.25) is 0 Å². The van der Waals surface area contributed by atoms with Gasteiger partial charge in [-0.1, -0.05) is 29.8 Å². The van der Waals surface area contributed by atoms with E-state index in [2.05, 4.69) is 5.32 Å². The molecule has 0 aromatic heterocycles. The van der Waals surface area contributed by atoms with Gasteiger partial charge >= 0.3 is 5.97 Å². The predicted octanol–water partition coefficient (Wildman–Crippen LogP) is 3.44. The molecular weight excluding hydrogens is 245 g/mol. The maximum Gasteiger partial charge on any atom is 0.335 e. The molecular formula is C15H14FNO2. The van der Waals surface area contributed by atoms with E-state index in [1.54, 1.807) is 0 Å². The highest BCUT2D eigenvalue weighted by Crippen LogP contribution is 2.17. The molecule has 0 unspecified atom stereocenters. The van der Waals surface area contributed by atoms with E-state index in [4.69, 9.17) is 5.11 Å². The Balaban J connectivity index is 2.15. The Morgan fingerprint density at radius 2 is 2.05 bits per heavy atom. The van der Waals surface area contributed by atoms with Crippen LogP contribution in [0.1, 0.15) is 21.5 Å². The molecule has 0 fully saturated rings. The fourth-order valence-corrected chi connectivity index (χ4v) is 1.81. The normalized spacial score (nSPS) is 10.2. The topological polar surface area (TPSA) is 49.3 Å². The van der Waals surface area contributed by atoms with E-state index in [9.17, 15) is 9.18 Å². The summed E-state index contributed by atoms with van der Waals surface area (Å²) in [6.45, 7) is 2.43. The van der Waals surface area contributed by atoms with Crippen LogP contribution in [0.3, 0.4) is 0 Å². The second-order valence-electron chi connectivity index (χ2n) is 4.34. The van der Waals surface area contributed by atoms with Crippen molar-refractivity contribution in [3.05, 3.63) is 65.0 Å². The number of carbonyl (C=O) groups is 1. The van der Waals surface area contributed by atoms with Crippen LogP contribution < -0.4 is 5.32 Å². The van der Waals surface area contributed by atoms with Gasteiger partial charge in [0.05, 0.1) is 11.3 Å². The van der Waals surface area contributed by atoms with Crippen LogP contribution in [0.5, 0.6) is 0 Å². The number of carboxylic acid groups (broad SMARTS) is 1. The van der Waals surface area contributed by atoms with Crippen molar-refractivity contribution in [1.29, 1.82) is 0 Å². The Morgan fingerprint density at radius 1 is 1.26 bits per heavy atom. The number of hydrogen-bond acceptors (Lipinski definition) is 2. The first-order valence-corrected chi connectivity index (χ1v) is 5.88. The Kier molecular flexibility index (Phi) is 3.80. The highest BCUT2D eigenvalue weighted by Gasteiger charge is 2.08. The minimum Gasteiger partial charge on any atom is -0.478 e. The Morgan fingerprint density at radius 3 is 2.74 bits per heavy atom. The summed E-state index contributed by atoms with van der Waals surface area (Å²) < 4.78 is 13.6. The first-order valence-electron chi connectivity index (χ1n) is 5.88. The van der Waals surface area contributed by atoms with Crippen molar-refractivity contribution >= 4 is 11.7 Å². The zero-order chi connectivity index (χ0) is 13.8. The van der Waals surface area contributed by atoms with Crippen LogP contribution in [-0.2, 0) is 6.54 Å². The minimum absolute atomic E-state index is 0.0631. The van der Waals surface area contributed by atoms with Crippen LogP contribution in [0.2, 0.25) is 0 Å². The molecule has 0 amide bonds. The molecule has 0 bridgehead atoms. The van der Waals surface area contributed by atoms with Crippen molar-refractivity contribution in [2.45, 2.75) is 13.5 Å². The molecule has 0 saturated heterocycles. The summed E-state index contributed by atoms with van der Waals surface area (Å²) in [7, 11) is 0. The second kappa shape index (κ2) is 5.52. The molecule has 2 N–H and O–H groups in total. The molecule has 0 heterocycles. The van der Waals surface area contributed by atoms with Gasteiger partial charge in [-0.3, -0.25) is 0 Å². The highest BCUT2D eigenvalue weighted by atomic mass is 19.1. The SMILES string of the molecule is Cc1cccc(CNc2cc(C(=O)O)ccc2F)c1. The molecule has 4 heteroatoms. The number of aromatic carboxylic acids is 1. The molecule has 0 aliphatic carbocycles. The van der Waals surface area contributed by atoms with Crippen molar-refractivity contribution in [2.24, 2.45) is 0 Å². The molecule has 2 rings (SSSR count). The van der Waals surface area contributed by atoms with Crippen molar-refractivity contribution in [3.63, 3.8) is 0 Å². The quantitative estimate of drug-likeness (QED) is 0.884. The molecule has 3 nitrogen and oxygen atoms in total. The third kappa shape index (κ3) is 3.31. The van der Waals surface area contributed by atoms with Gasteiger partial charge in [0, 0.05) is 6.54 Å². The number of carboxylic acids is 1. The minimum atomic E-state index is -1.07. The standard InChI is InChI=1S/C15H14FNO2/c1-10-3-2-4-11(7-10)9-17-14-8-12(15(18)19)5-6-13(14)16/h2-8,17H,9H2,1H3,(H,18,19). The van der Waals surface area contributed by atoms with Crippen LogP contribution in [0, 0.1) is 12.7 Å². The van der Waals surface area contributed by atoms with Crippen LogP contribution in [0.25, 0.3) is 0 Å². The maximum atomic E-state index is 13.6. The summed E-state index contributed by atoms with van der Waals surface area (Å²) in [4.78, 5) is 10.8. The summed E-state index contributed by atoms with van der Waals surface area (Å²) in [5, 5.41) is 11.8. The van der Waals surface area contributed by atoms with E-state index in [0.29, 0.717) is 6.54 Å². The van der Waals surface area contributed by atoms with Gasteiger partial charge in [-0.15, -0.1) is 0 Å². The zero-order valence-corrected chi connectivity index (χ0v) is 10.5. The molecule has 2 aromatic carbocycles. The number of halogens is 1. The average Bonchev–Trinajstić information content (AvgIpc) is 2.37. The fraction of sp³-hybridized carbons (Fsp3) is 0.133. The summed E-state index contributed by atoms with van der Waals surface area (Å²) >= 11 is 0. The number of rotatable bonds is 4. The highest BCUT2D eigenvalue weighted by molar-refractivity contribution is 5.88. The predicted molar refractivity (Wildman–Crippen MR) is 71.9 cm³/mol.